The highest BCUT2D eigenvalue weighted by Crippen LogP contribution is 2.67. The van der Waals surface area contributed by atoms with Gasteiger partial charge in [-0.1, -0.05) is 0 Å². The molecule has 0 heterocycles. The summed E-state index contributed by atoms with van der Waals surface area (Å²) < 4.78 is 58.8. The Balaban J connectivity index is 3.83. The maximum Gasteiger partial charge on any atom is 0.282 e. The molecule has 12 heteroatoms. The molecule has 0 spiro atoms. The highest BCUT2D eigenvalue weighted by Gasteiger charge is 2.56. The minimum atomic E-state index is -4.12. The Hall–Kier alpha value is -1.36. The van der Waals surface area contributed by atoms with Crippen molar-refractivity contribution in [3.8, 4) is 0 Å². The van der Waals surface area contributed by atoms with E-state index in [1.807, 2.05) is 0 Å². The van der Waals surface area contributed by atoms with Gasteiger partial charge in [0.15, 0.2) is 0 Å². The lowest BCUT2D eigenvalue weighted by molar-refractivity contribution is -0.384. The average Bonchev–Trinajstić information content (AvgIpc) is 2.66. The van der Waals surface area contributed by atoms with E-state index in [4.69, 9.17) is 14.0 Å². The predicted octanol–water partition coefficient (Wildman–Crippen LogP) is 4.16. The molecule has 0 bridgehead atoms. The van der Waals surface area contributed by atoms with E-state index in [1.165, 1.54) is 52.0 Å². The first-order chi connectivity index (χ1) is 14.2. The lowest BCUT2D eigenvalue weighted by Crippen LogP contribution is -2.51. The zero-order chi connectivity index (χ0) is 24.1. The fraction of sp³-hybridized carbons (Fsp3) is 0.684. The van der Waals surface area contributed by atoms with Crippen molar-refractivity contribution in [2.75, 3.05) is 19.8 Å². The smallest absolute Gasteiger partial charge is 0.282 e. The van der Waals surface area contributed by atoms with Crippen LogP contribution in [0.2, 0.25) is 0 Å². The topological polar surface area (TPSA) is 134 Å². The summed E-state index contributed by atoms with van der Waals surface area (Å²) in [4.78, 5) is 10.5. The number of nitro groups is 1. The van der Waals surface area contributed by atoms with Crippen LogP contribution in [0.25, 0.3) is 0 Å². The van der Waals surface area contributed by atoms with E-state index in [0.717, 1.165) is 0 Å². The molecule has 178 valence electrons. The van der Waals surface area contributed by atoms with Gasteiger partial charge in [-0.05, 0) is 66.2 Å². The fourth-order valence-electron chi connectivity index (χ4n) is 2.75. The van der Waals surface area contributed by atoms with Gasteiger partial charge in [0.2, 0.25) is 16.1 Å². The molecule has 1 rings (SSSR count). The van der Waals surface area contributed by atoms with E-state index in [-0.39, 0.29) is 31.1 Å². The molecule has 10 nitrogen and oxygen atoms in total. The monoisotopic (exact) mass is 480 g/mol. The summed E-state index contributed by atoms with van der Waals surface area (Å²) in [7, 11) is -8.16. The second-order valence-electron chi connectivity index (χ2n) is 7.83. The summed E-state index contributed by atoms with van der Waals surface area (Å²) in [6.07, 6.45) is 0. The maximum absolute atomic E-state index is 14.4. The van der Waals surface area contributed by atoms with Crippen molar-refractivity contribution in [1.82, 2.24) is 4.72 Å². The summed E-state index contributed by atoms with van der Waals surface area (Å²) >= 11 is 0. The second-order valence-corrected chi connectivity index (χ2v) is 13.0. The van der Waals surface area contributed by atoms with Gasteiger partial charge in [-0.2, -0.15) is 4.72 Å². The molecule has 1 unspecified atom stereocenters. The number of nitrogens with one attached hydrogen (secondary N) is 1. The third-order valence-corrected chi connectivity index (χ3v) is 10.2. The van der Waals surface area contributed by atoms with Crippen molar-refractivity contribution in [1.29, 1.82) is 0 Å². The maximum atomic E-state index is 14.4. The molecule has 0 saturated heterocycles. The van der Waals surface area contributed by atoms with Crippen LogP contribution in [0.15, 0.2) is 24.3 Å². The van der Waals surface area contributed by atoms with Gasteiger partial charge in [0.25, 0.3) is 13.1 Å². The zero-order valence-electron chi connectivity index (χ0n) is 19.1. The molecule has 0 aromatic heterocycles. The second kappa shape index (κ2) is 10.5. The largest absolute Gasteiger partial charge is 0.345 e. The molecule has 0 radical (unpaired) electrons. The van der Waals surface area contributed by atoms with Crippen molar-refractivity contribution in [2.24, 2.45) is 0 Å². The lowest BCUT2D eigenvalue weighted by Gasteiger charge is -2.42. The number of hydrogen-bond acceptors (Lipinski definition) is 8. The van der Waals surface area contributed by atoms with E-state index in [1.54, 1.807) is 20.8 Å². The Labute approximate surface area is 184 Å². The van der Waals surface area contributed by atoms with Gasteiger partial charge >= 0.3 is 0 Å². The Bertz CT molecular complexity index is 892. The van der Waals surface area contributed by atoms with Gasteiger partial charge in [-0.3, -0.25) is 14.7 Å². The molecule has 0 saturated carbocycles. The van der Waals surface area contributed by atoms with Crippen LogP contribution < -0.4 is 4.72 Å². The summed E-state index contributed by atoms with van der Waals surface area (Å²) in [5, 5.41) is 9.24. The van der Waals surface area contributed by atoms with Gasteiger partial charge in [-0.15, -0.1) is 0 Å². The molecular weight excluding hydrogens is 447 g/mol. The van der Waals surface area contributed by atoms with E-state index in [2.05, 4.69) is 4.72 Å². The Morgan fingerprint density at radius 3 is 1.87 bits per heavy atom. The van der Waals surface area contributed by atoms with Crippen LogP contribution in [0, 0.1) is 10.1 Å². The van der Waals surface area contributed by atoms with Crippen molar-refractivity contribution in [3.63, 3.8) is 0 Å². The summed E-state index contributed by atoms with van der Waals surface area (Å²) in [6, 6.07) is 3.77. The van der Waals surface area contributed by atoms with Crippen LogP contribution in [-0.4, -0.2) is 43.9 Å². The first-order valence-corrected chi connectivity index (χ1v) is 13.1. The summed E-state index contributed by atoms with van der Waals surface area (Å²) in [5.41, 5.74) is 0.0225. The van der Waals surface area contributed by atoms with E-state index < -0.39 is 38.4 Å². The van der Waals surface area contributed by atoms with Crippen molar-refractivity contribution >= 4 is 23.1 Å². The standard InChI is InChI=1S/C19H33N2O8PS/c1-8-27-17(28-9-2)30(24,29-10-3)19(7,20-31(25,26)18(4,5)6)15-11-13-16(14-12-15)21(22)23/h11-14,17,20H,8-10H2,1-7H3/t19-,30?/m1/s1. The molecule has 2 atom stereocenters. The van der Waals surface area contributed by atoms with Crippen LogP contribution >= 0.6 is 7.37 Å². The molecule has 1 aromatic rings. The number of benzene rings is 1. The number of hydrogen-bond donors (Lipinski definition) is 1. The SMILES string of the molecule is CCOC(OCC)P(=O)(OCC)[C@@](C)(NS(=O)(=O)C(C)(C)C)c1ccc([N+](=O)[O-])cc1. The molecule has 0 amide bonds. The normalized spacial score (nSPS) is 16.6. The number of non-ortho nitro benzene ring substituents is 1. The van der Waals surface area contributed by atoms with Crippen molar-refractivity contribution in [3.05, 3.63) is 39.9 Å². The molecule has 1 aromatic carbocycles. The van der Waals surface area contributed by atoms with Crippen molar-refractivity contribution < 1.29 is 31.9 Å². The van der Waals surface area contributed by atoms with Gasteiger partial charge in [0.1, 0.15) is 5.28 Å². The number of ether oxygens (including phenoxy) is 2. The van der Waals surface area contributed by atoms with E-state index in [9.17, 15) is 23.1 Å². The van der Waals surface area contributed by atoms with Gasteiger partial charge in [0, 0.05) is 25.3 Å². The molecule has 31 heavy (non-hydrogen) atoms. The number of nitro benzene ring substituents is 1. The van der Waals surface area contributed by atoms with Crippen LogP contribution in [0.3, 0.4) is 0 Å². The van der Waals surface area contributed by atoms with Crippen LogP contribution in [0.4, 0.5) is 5.69 Å². The van der Waals surface area contributed by atoms with Crippen LogP contribution in [0.1, 0.15) is 54.0 Å². The Morgan fingerprint density at radius 1 is 1.03 bits per heavy atom. The average molecular weight is 481 g/mol. The zero-order valence-corrected chi connectivity index (χ0v) is 20.8. The highest BCUT2D eigenvalue weighted by molar-refractivity contribution is 7.91. The molecule has 0 fully saturated rings. The minimum absolute atomic E-state index is 0.00621. The number of nitrogens with zero attached hydrogens (tertiary/aromatic N) is 1. The molecule has 0 aliphatic carbocycles. The molecular formula is C19H33N2O8PS. The summed E-state index contributed by atoms with van der Waals surface area (Å²) in [5.74, 6) is 0. The lowest BCUT2D eigenvalue weighted by atomic mass is 10.1. The number of sulfonamides is 1. The quantitative estimate of drug-likeness (QED) is 0.204. The Kier molecular flexibility index (Phi) is 9.38. The highest BCUT2D eigenvalue weighted by atomic mass is 32.2. The summed E-state index contributed by atoms with van der Waals surface area (Å²) in [6.45, 7) is 11.2. The molecule has 1 N–H and O–H groups in total. The fourth-order valence-corrected chi connectivity index (χ4v) is 6.95. The minimum Gasteiger partial charge on any atom is -0.345 e. The van der Waals surface area contributed by atoms with Crippen LogP contribution in [0.5, 0.6) is 0 Å². The third kappa shape index (κ3) is 5.91. The number of rotatable bonds is 12. The first-order valence-electron chi connectivity index (χ1n) is 9.96. The van der Waals surface area contributed by atoms with Gasteiger partial charge < -0.3 is 14.0 Å². The first kappa shape index (κ1) is 27.7. The molecule has 0 aliphatic heterocycles. The third-order valence-electron chi connectivity index (χ3n) is 4.62. The Morgan fingerprint density at radius 2 is 1.52 bits per heavy atom. The predicted molar refractivity (Wildman–Crippen MR) is 119 cm³/mol. The van der Waals surface area contributed by atoms with Crippen molar-refractivity contribution in [2.45, 2.75) is 64.5 Å². The van der Waals surface area contributed by atoms with Gasteiger partial charge in [0.05, 0.1) is 16.3 Å². The van der Waals surface area contributed by atoms with Gasteiger partial charge in [-0.25, -0.2) is 8.42 Å². The molecule has 0 aliphatic rings. The van der Waals surface area contributed by atoms with E-state index in [0.29, 0.717) is 0 Å². The van der Waals surface area contributed by atoms with E-state index >= 15 is 0 Å². The van der Waals surface area contributed by atoms with Crippen LogP contribution in [-0.2, 0) is 33.9 Å².